The maximum atomic E-state index is 14.5. The molecule has 0 saturated carbocycles. The Hall–Kier alpha value is -2.71. The zero-order valence-corrected chi connectivity index (χ0v) is 18.9. The minimum absolute atomic E-state index is 0.00628. The van der Waals surface area contributed by atoms with E-state index in [0.717, 1.165) is 6.07 Å². The highest BCUT2D eigenvalue weighted by Crippen LogP contribution is 2.41. The number of halogens is 2. The van der Waals surface area contributed by atoms with Crippen molar-refractivity contribution >= 4 is 23.3 Å². The van der Waals surface area contributed by atoms with Gasteiger partial charge in [-0.15, -0.1) is 0 Å². The van der Waals surface area contributed by atoms with Gasteiger partial charge in [0.05, 0.1) is 27.5 Å². The van der Waals surface area contributed by atoms with Gasteiger partial charge in [0.2, 0.25) is 0 Å². The Morgan fingerprint density at radius 3 is 2.66 bits per heavy atom. The molecule has 0 bridgehead atoms. The summed E-state index contributed by atoms with van der Waals surface area (Å²) in [6, 6.07) is 6.91. The number of nitro groups is 1. The third kappa shape index (κ3) is 4.86. The zero-order valence-electron chi connectivity index (χ0n) is 18.1. The quantitative estimate of drug-likeness (QED) is 0.366. The van der Waals surface area contributed by atoms with E-state index < -0.39 is 33.4 Å². The summed E-state index contributed by atoms with van der Waals surface area (Å²) in [6.07, 6.45) is 1.60. The molecular weight excluding hydrogens is 441 g/mol. The summed E-state index contributed by atoms with van der Waals surface area (Å²) in [4.78, 5) is 23.3. The van der Waals surface area contributed by atoms with Gasteiger partial charge in [-0.25, -0.2) is 9.18 Å². The van der Waals surface area contributed by atoms with Crippen LogP contribution in [0.4, 0.5) is 10.1 Å². The predicted octanol–water partition coefficient (Wildman–Crippen LogP) is 4.99. The molecule has 0 radical (unpaired) electrons. The van der Waals surface area contributed by atoms with E-state index in [0.29, 0.717) is 30.4 Å². The molecule has 2 aromatic carbocycles. The Labute approximate surface area is 190 Å². The normalized spacial score (nSPS) is 18.1. The monoisotopic (exact) mass is 465 g/mol. The number of ether oxygens (including phenoxy) is 2. The van der Waals surface area contributed by atoms with Gasteiger partial charge in [-0.2, -0.15) is 0 Å². The maximum Gasteiger partial charge on any atom is 0.338 e. The molecule has 0 fully saturated rings. The Kier molecular flexibility index (Phi) is 6.76. The predicted molar refractivity (Wildman–Crippen MR) is 117 cm³/mol. The summed E-state index contributed by atoms with van der Waals surface area (Å²) in [6.45, 7) is 4.66. The highest BCUT2D eigenvalue weighted by Gasteiger charge is 2.39. The highest BCUT2D eigenvalue weighted by molar-refractivity contribution is 6.30. The van der Waals surface area contributed by atoms with Crippen LogP contribution in [-0.4, -0.2) is 34.8 Å². The van der Waals surface area contributed by atoms with Crippen LogP contribution in [0.2, 0.25) is 5.02 Å². The molecule has 2 aromatic rings. The van der Waals surface area contributed by atoms with Crippen LogP contribution in [0.15, 0.2) is 30.3 Å². The Bertz CT molecular complexity index is 1050. The van der Waals surface area contributed by atoms with Crippen LogP contribution < -0.4 is 4.74 Å². The topological polar surface area (TPSA) is 98.9 Å². The number of hydrogen-bond donors (Lipinski definition) is 1. The fourth-order valence-electron chi connectivity index (χ4n) is 3.89. The van der Waals surface area contributed by atoms with Gasteiger partial charge in [0, 0.05) is 6.07 Å². The Morgan fingerprint density at radius 1 is 1.31 bits per heavy atom. The standard InChI is InChI=1S/C23H25ClFNO6/c1-22(2,3)32-21(28)14-6-9-19(18(11-14)26(29)30)31-13-23(12-27)10-4-5-15-16(23)7-8-17(24)20(15)25/h6-9,11,27H,4-5,10,12-13H2,1-3H3. The number of nitrogens with zero attached hydrogens (tertiary/aromatic N) is 1. The average Bonchev–Trinajstić information content (AvgIpc) is 2.73. The largest absolute Gasteiger partial charge is 0.486 e. The van der Waals surface area contributed by atoms with E-state index in [4.69, 9.17) is 21.1 Å². The first-order chi connectivity index (χ1) is 15.0. The van der Waals surface area contributed by atoms with Crippen LogP contribution in [0.25, 0.3) is 0 Å². The van der Waals surface area contributed by atoms with Crippen molar-refractivity contribution in [3.05, 3.63) is 68.0 Å². The number of esters is 1. The zero-order chi connectivity index (χ0) is 23.7. The van der Waals surface area contributed by atoms with Gasteiger partial charge in [-0.05, 0) is 69.4 Å². The van der Waals surface area contributed by atoms with Gasteiger partial charge in [0.1, 0.15) is 18.0 Å². The number of rotatable bonds is 6. The molecule has 0 heterocycles. The van der Waals surface area contributed by atoms with Crippen LogP contribution in [0.3, 0.4) is 0 Å². The smallest absolute Gasteiger partial charge is 0.338 e. The molecule has 1 aliphatic rings. The first-order valence-electron chi connectivity index (χ1n) is 10.2. The molecule has 1 atom stereocenters. The van der Waals surface area contributed by atoms with Gasteiger partial charge < -0.3 is 14.6 Å². The lowest BCUT2D eigenvalue weighted by molar-refractivity contribution is -0.386. The summed E-state index contributed by atoms with van der Waals surface area (Å²) in [7, 11) is 0. The lowest BCUT2D eigenvalue weighted by atomic mass is 9.71. The van der Waals surface area contributed by atoms with Crippen molar-refractivity contribution in [1.82, 2.24) is 0 Å². The second-order valence-corrected chi connectivity index (χ2v) is 9.32. The molecule has 0 spiro atoms. The van der Waals surface area contributed by atoms with Crippen LogP contribution in [-0.2, 0) is 16.6 Å². The molecule has 32 heavy (non-hydrogen) atoms. The molecule has 9 heteroatoms. The number of hydrogen-bond acceptors (Lipinski definition) is 6. The molecule has 0 amide bonds. The van der Waals surface area contributed by atoms with Crippen LogP contribution >= 0.6 is 11.6 Å². The third-order valence-corrected chi connectivity index (χ3v) is 5.74. The van der Waals surface area contributed by atoms with Crippen molar-refractivity contribution < 1.29 is 28.7 Å². The fourth-order valence-corrected chi connectivity index (χ4v) is 4.07. The maximum absolute atomic E-state index is 14.5. The molecule has 1 aliphatic carbocycles. The summed E-state index contributed by atoms with van der Waals surface area (Å²) >= 11 is 5.91. The van der Waals surface area contributed by atoms with Crippen LogP contribution in [0, 0.1) is 15.9 Å². The number of aliphatic hydroxyl groups is 1. The van der Waals surface area contributed by atoms with Crippen molar-refractivity contribution in [3.8, 4) is 5.75 Å². The summed E-state index contributed by atoms with van der Waals surface area (Å²) in [5.41, 5.74) is -1.05. The Morgan fingerprint density at radius 2 is 2.03 bits per heavy atom. The number of benzene rings is 2. The van der Waals surface area contributed by atoms with Crippen molar-refractivity contribution in [2.45, 2.75) is 51.0 Å². The van der Waals surface area contributed by atoms with E-state index in [9.17, 15) is 24.4 Å². The van der Waals surface area contributed by atoms with E-state index in [2.05, 4.69) is 0 Å². The van der Waals surface area contributed by atoms with Crippen molar-refractivity contribution in [2.75, 3.05) is 13.2 Å². The molecule has 1 unspecified atom stereocenters. The van der Waals surface area contributed by atoms with Crippen molar-refractivity contribution in [1.29, 1.82) is 0 Å². The van der Waals surface area contributed by atoms with Crippen LogP contribution in [0.5, 0.6) is 5.75 Å². The molecule has 1 N–H and O–H groups in total. The van der Waals surface area contributed by atoms with Crippen molar-refractivity contribution in [2.24, 2.45) is 0 Å². The minimum Gasteiger partial charge on any atom is -0.486 e. The first kappa shape index (κ1) is 23.9. The van der Waals surface area contributed by atoms with E-state index in [1.54, 1.807) is 26.8 Å². The van der Waals surface area contributed by atoms with E-state index >= 15 is 0 Å². The summed E-state index contributed by atoms with van der Waals surface area (Å²) in [5, 5.41) is 21.8. The van der Waals surface area contributed by atoms with Crippen molar-refractivity contribution in [3.63, 3.8) is 0 Å². The first-order valence-corrected chi connectivity index (χ1v) is 10.6. The molecule has 0 saturated heterocycles. The summed E-state index contributed by atoms with van der Waals surface area (Å²) in [5.74, 6) is -1.27. The van der Waals surface area contributed by atoms with Crippen LogP contribution in [0.1, 0.15) is 55.1 Å². The van der Waals surface area contributed by atoms with E-state index in [-0.39, 0.29) is 29.5 Å². The van der Waals surface area contributed by atoms with Gasteiger partial charge in [-0.1, -0.05) is 17.7 Å². The van der Waals surface area contributed by atoms with Gasteiger partial charge in [0.15, 0.2) is 5.75 Å². The molecular formula is C23H25ClFNO6. The molecule has 3 rings (SSSR count). The van der Waals surface area contributed by atoms with Gasteiger partial charge in [-0.3, -0.25) is 10.1 Å². The Balaban J connectivity index is 1.90. The SMILES string of the molecule is CC(C)(C)OC(=O)c1ccc(OCC2(CO)CCCc3c2ccc(Cl)c3F)c([N+](=O)[O-])c1. The average molecular weight is 466 g/mol. The number of nitro benzene ring substituents is 1. The molecule has 0 aliphatic heterocycles. The van der Waals surface area contributed by atoms with Gasteiger partial charge >= 0.3 is 11.7 Å². The minimum atomic E-state index is -0.934. The lowest BCUT2D eigenvalue weighted by Gasteiger charge is -2.37. The number of aliphatic hydroxyl groups excluding tert-OH is 1. The van der Waals surface area contributed by atoms with Gasteiger partial charge in [0.25, 0.3) is 0 Å². The molecule has 7 nitrogen and oxygen atoms in total. The highest BCUT2D eigenvalue weighted by atomic mass is 35.5. The molecule has 0 aromatic heterocycles. The molecule has 172 valence electrons. The number of carbonyl (C=O) groups excluding carboxylic acids is 1. The lowest BCUT2D eigenvalue weighted by Crippen LogP contribution is -2.41. The van der Waals surface area contributed by atoms with E-state index in [1.807, 2.05) is 0 Å². The number of carbonyl (C=O) groups is 1. The summed E-state index contributed by atoms with van der Waals surface area (Å²) < 4.78 is 25.6. The second kappa shape index (κ2) is 9.03. The second-order valence-electron chi connectivity index (χ2n) is 8.91. The van der Waals surface area contributed by atoms with E-state index in [1.165, 1.54) is 18.2 Å². The number of fused-ring (bicyclic) bond motifs is 1. The fraction of sp³-hybridized carbons (Fsp3) is 0.435. The third-order valence-electron chi connectivity index (χ3n) is 5.45.